The Hall–Kier alpha value is -3.08. The molecule has 0 atom stereocenters. The number of ether oxygens (including phenoxy) is 3. The molecule has 0 aromatic heterocycles. The molecule has 0 spiro atoms. The maximum absolute atomic E-state index is 12.2. The summed E-state index contributed by atoms with van der Waals surface area (Å²) in [5, 5.41) is 0. The van der Waals surface area contributed by atoms with Crippen molar-refractivity contribution in [3.63, 3.8) is 0 Å². The fourth-order valence-electron chi connectivity index (χ4n) is 3.64. The average Bonchev–Trinajstić information content (AvgIpc) is 2.90. The van der Waals surface area contributed by atoms with Crippen LogP contribution in [0.3, 0.4) is 0 Å². The van der Waals surface area contributed by atoms with Crippen molar-refractivity contribution >= 4 is 18.0 Å². The largest absolute Gasteiger partial charge is 0.494 e. The number of rotatable bonds is 18. The summed E-state index contributed by atoms with van der Waals surface area (Å²) < 4.78 is 16.3. The zero-order chi connectivity index (χ0) is 25.8. The van der Waals surface area contributed by atoms with Crippen LogP contribution in [-0.4, -0.2) is 25.2 Å². The van der Waals surface area contributed by atoms with E-state index < -0.39 is 5.97 Å². The molecule has 5 heteroatoms. The van der Waals surface area contributed by atoms with Gasteiger partial charge < -0.3 is 14.2 Å². The summed E-state index contributed by atoms with van der Waals surface area (Å²) in [4.78, 5) is 24.3. The minimum Gasteiger partial charge on any atom is -0.494 e. The van der Waals surface area contributed by atoms with E-state index in [1.54, 1.807) is 54.6 Å². The molecule has 0 unspecified atom stereocenters. The summed E-state index contributed by atoms with van der Waals surface area (Å²) in [6, 6.07) is 14.0. The molecule has 196 valence electrons. The van der Waals surface area contributed by atoms with Crippen LogP contribution in [0.4, 0.5) is 0 Å². The van der Waals surface area contributed by atoms with Gasteiger partial charge in [-0.25, -0.2) is 9.59 Å². The van der Waals surface area contributed by atoms with E-state index in [2.05, 4.69) is 13.8 Å². The highest BCUT2D eigenvalue weighted by molar-refractivity contribution is 5.91. The second-order valence-corrected chi connectivity index (χ2v) is 9.01. The molecule has 0 saturated carbocycles. The molecule has 2 aromatic carbocycles. The van der Waals surface area contributed by atoms with Crippen LogP contribution in [0, 0.1) is 0 Å². The van der Waals surface area contributed by atoms with Crippen molar-refractivity contribution in [2.24, 2.45) is 0 Å². The summed E-state index contributed by atoms with van der Waals surface area (Å²) in [6.07, 6.45) is 16.2. The monoisotopic (exact) mass is 494 g/mol. The second kappa shape index (κ2) is 18.2. The molecule has 0 heterocycles. The number of unbranched alkanes of at least 4 members (excludes halogenated alkanes) is 9. The first-order chi connectivity index (χ1) is 17.6. The predicted octanol–water partition coefficient (Wildman–Crippen LogP) is 8.17. The molecule has 2 rings (SSSR count). The molecule has 0 saturated heterocycles. The van der Waals surface area contributed by atoms with Gasteiger partial charge in [-0.1, -0.05) is 83.8 Å². The van der Waals surface area contributed by atoms with E-state index in [0.29, 0.717) is 24.5 Å². The van der Waals surface area contributed by atoms with Crippen LogP contribution in [0.15, 0.2) is 54.6 Å². The predicted molar refractivity (Wildman–Crippen MR) is 145 cm³/mol. The molecule has 2 aromatic rings. The van der Waals surface area contributed by atoms with Gasteiger partial charge in [-0.15, -0.1) is 0 Å². The summed E-state index contributed by atoms with van der Waals surface area (Å²) in [7, 11) is 0. The van der Waals surface area contributed by atoms with Crippen molar-refractivity contribution in [2.45, 2.75) is 84.5 Å². The Labute approximate surface area is 216 Å². The fraction of sp³-hybridized carbons (Fsp3) is 0.484. The molecule has 0 aliphatic carbocycles. The Kier molecular flexibility index (Phi) is 14.8. The van der Waals surface area contributed by atoms with Crippen molar-refractivity contribution in [1.82, 2.24) is 0 Å². The van der Waals surface area contributed by atoms with E-state index in [4.69, 9.17) is 14.2 Å². The maximum Gasteiger partial charge on any atom is 0.338 e. The zero-order valence-corrected chi connectivity index (χ0v) is 22.0. The number of benzene rings is 2. The van der Waals surface area contributed by atoms with Crippen LogP contribution in [0.5, 0.6) is 11.5 Å². The second-order valence-electron chi connectivity index (χ2n) is 9.01. The highest BCUT2D eigenvalue weighted by Crippen LogP contribution is 2.18. The summed E-state index contributed by atoms with van der Waals surface area (Å²) >= 11 is 0. The lowest BCUT2D eigenvalue weighted by Gasteiger charge is -2.06. The van der Waals surface area contributed by atoms with Crippen molar-refractivity contribution in [3.8, 4) is 11.5 Å². The summed E-state index contributed by atoms with van der Waals surface area (Å²) in [5.41, 5.74) is 1.30. The van der Waals surface area contributed by atoms with Crippen molar-refractivity contribution < 1.29 is 23.8 Å². The minimum absolute atomic E-state index is 0.313. The normalized spacial score (nSPS) is 10.9. The molecule has 0 N–H and O–H groups in total. The molecule has 0 fully saturated rings. The van der Waals surface area contributed by atoms with Crippen LogP contribution in [0.25, 0.3) is 6.08 Å². The Morgan fingerprint density at radius 2 is 1.25 bits per heavy atom. The van der Waals surface area contributed by atoms with Gasteiger partial charge in [0.1, 0.15) is 11.5 Å². The third kappa shape index (κ3) is 12.6. The molecule has 0 aliphatic rings. The van der Waals surface area contributed by atoms with Gasteiger partial charge in [-0.2, -0.15) is 0 Å². The first-order valence-corrected chi connectivity index (χ1v) is 13.5. The zero-order valence-electron chi connectivity index (χ0n) is 22.0. The lowest BCUT2D eigenvalue weighted by atomic mass is 10.1. The highest BCUT2D eigenvalue weighted by Gasteiger charge is 2.07. The third-order valence-corrected chi connectivity index (χ3v) is 5.85. The van der Waals surface area contributed by atoms with Gasteiger partial charge in [0, 0.05) is 6.08 Å². The van der Waals surface area contributed by atoms with E-state index in [-0.39, 0.29) is 5.97 Å². The van der Waals surface area contributed by atoms with Gasteiger partial charge in [0.2, 0.25) is 0 Å². The smallest absolute Gasteiger partial charge is 0.338 e. The minimum atomic E-state index is -0.473. The fourth-order valence-corrected chi connectivity index (χ4v) is 3.64. The van der Waals surface area contributed by atoms with Crippen LogP contribution in [0.2, 0.25) is 0 Å². The average molecular weight is 495 g/mol. The SMILES string of the molecule is CCCCCCCCCCCOC(=O)c1ccc(C=CC(=O)Oc2ccc(OCCCC)cc2)cc1. The number of hydrogen-bond acceptors (Lipinski definition) is 5. The quantitative estimate of drug-likeness (QED) is 0.0905. The molecule has 0 amide bonds. The molecule has 5 nitrogen and oxygen atoms in total. The van der Waals surface area contributed by atoms with E-state index in [1.807, 2.05) is 0 Å². The Balaban J connectivity index is 1.65. The van der Waals surface area contributed by atoms with Gasteiger partial charge in [0.15, 0.2) is 0 Å². The third-order valence-electron chi connectivity index (χ3n) is 5.85. The number of esters is 2. The van der Waals surface area contributed by atoms with Crippen LogP contribution >= 0.6 is 0 Å². The van der Waals surface area contributed by atoms with Crippen LogP contribution in [0.1, 0.15) is 100 Å². The van der Waals surface area contributed by atoms with Gasteiger partial charge in [-0.3, -0.25) is 0 Å². The molecule has 36 heavy (non-hydrogen) atoms. The van der Waals surface area contributed by atoms with E-state index in [1.165, 1.54) is 51.0 Å². The number of hydrogen-bond donors (Lipinski definition) is 0. The molecular formula is C31H42O5. The maximum atomic E-state index is 12.2. The van der Waals surface area contributed by atoms with Gasteiger partial charge in [-0.05, 0) is 60.9 Å². The van der Waals surface area contributed by atoms with E-state index in [9.17, 15) is 9.59 Å². The Morgan fingerprint density at radius 3 is 1.89 bits per heavy atom. The first kappa shape index (κ1) is 29.2. The molecule has 0 bridgehead atoms. The van der Waals surface area contributed by atoms with Gasteiger partial charge in [0.25, 0.3) is 0 Å². The van der Waals surface area contributed by atoms with Gasteiger partial charge >= 0.3 is 11.9 Å². The molecule has 0 radical (unpaired) electrons. The van der Waals surface area contributed by atoms with E-state index in [0.717, 1.165) is 37.0 Å². The Morgan fingerprint density at radius 1 is 0.667 bits per heavy atom. The van der Waals surface area contributed by atoms with Crippen molar-refractivity contribution in [1.29, 1.82) is 0 Å². The number of carbonyl (C=O) groups is 2. The summed E-state index contributed by atoms with van der Waals surface area (Å²) in [6.45, 7) is 5.47. The number of carbonyl (C=O) groups excluding carboxylic acids is 2. The standard InChI is InChI=1S/C31H42O5/c1-3-5-7-8-9-10-11-12-13-25-35-31(33)27-17-14-26(15-18-27)16-23-30(32)36-29-21-19-28(20-22-29)34-24-6-4-2/h14-23H,3-13,24-25H2,1-2H3. The molecule has 0 aliphatic heterocycles. The van der Waals surface area contributed by atoms with Crippen molar-refractivity contribution in [3.05, 3.63) is 65.7 Å². The van der Waals surface area contributed by atoms with Gasteiger partial charge in [0.05, 0.1) is 18.8 Å². The van der Waals surface area contributed by atoms with Crippen LogP contribution < -0.4 is 9.47 Å². The lowest BCUT2D eigenvalue weighted by molar-refractivity contribution is -0.128. The van der Waals surface area contributed by atoms with Crippen molar-refractivity contribution in [2.75, 3.05) is 13.2 Å². The van der Waals surface area contributed by atoms with Crippen LogP contribution in [-0.2, 0) is 9.53 Å². The molecular weight excluding hydrogens is 452 g/mol. The topological polar surface area (TPSA) is 61.8 Å². The highest BCUT2D eigenvalue weighted by atomic mass is 16.5. The summed E-state index contributed by atoms with van der Waals surface area (Å²) in [5.74, 6) is 0.425. The first-order valence-electron chi connectivity index (χ1n) is 13.5. The van der Waals surface area contributed by atoms with E-state index >= 15 is 0 Å². The Bertz CT molecular complexity index is 900. The lowest BCUT2D eigenvalue weighted by Crippen LogP contribution is -2.06.